The molecular weight excluding hydrogens is 340 g/mol. The highest BCUT2D eigenvalue weighted by Crippen LogP contribution is 2.54. The summed E-state index contributed by atoms with van der Waals surface area (Å²) in [4.78, 5) is 4.20. The van der Waals surface area contributed by atoms with Crippen LogP contribution in [-0.2, 0) is 4.74 Å². The van der Waals surface area contributed by atoms with Gasteiger partial charge in [0, 0.05) is 25.1 Å². The van der Waals surface area contributed by atoms with E-state index >= 15 is 0 Å². The molecule has 1 aliphatic carbocycles. The first kappa shape index (κ1) is 18.6. The Morgan fingerprint density at radius 1 is 1.31 bits per heavy atom. The Morgan fingerprint density at radius 3 is 3.04 bits per heavy atom. The van der Waals surface area contributed by atoms with E-state index in [0.29, 0.717) is 6.04 Å². The summed E-state index contributed by atoms with van der Waals surface area (Å²) < 4.78 is 6.31. The van der Waals surface area contributed by atoms with Gasteiger partial charge in [-0.25, -0.2) is 0 Å². The first-order valence-corrected chi connectivity index (χ1v) is 11.5. The van der Waals surface area contributed by atoms with Crippen LogP contribution in [0.4, 0.5) is 0 Å². The maximum absolute atomic E-state index is 6.31. The lowest BCUT2D eigenvalue weighted by atomic mass is 9.81. The molecule has 2 unspecified atom stereocenters. The van der Waals surface area contributed by atoms with Crippen molar-refractivity contribution < 1.29 is 4.74 Å². The van der Waals surface area contributed by atoms with E-state index in [1.165, 1.54) is 56.3 Å². The van der Waals surface area contributed by atoms with Gasteiger partial charge in [0.25, 0.3) is 0 Å². The predicted molar refractivity (Wildman–Crippen MR) is 111 cm³/mol. The van der Waals surface area contributed by atoms with Gasteiger partial charge in [-0.3, -0.25) is 0 Å². The molecule has 2 atom stereocenters. The SMILES string of the molecule is CCCCCCCC1(OC)CCC2=C3CNCCC3N3CC=CSC1=C23. The molecule has 4 rings (SSSR count). The molecule has 3 aliphatic heterocycles. The van der Waals surface area contributed by atoms with Crippen LogP contribution in [0.5, 0.6) is 0 Å². The van der Waals surface area contributed by atoms with E-state index in [-0.39, 0.29) is 5.60 Å². The average molecular weight is 375 g/mol. The van der Waals surface area contributed by atoms with Gasteiger partial charge in [0.2, 0.25) is 0 Å². The summed E-state index contributed by atoms with van der Waals surface area (Å²) in [5.74, 6) is 0. The van der Waals surface area contributed by atoms with Crippen LogP contribution in [0.3, 0.4) is 0 Å². The van der Waals surface area contributed by atoms with Crippen molar-refractivity contribution in [1.82, 2.24) is 10.2 Å². The second kappa shape index (κ2) is 8.12. The Morgan fingerprint density at radius 2 is 2.19 bits per heavy atom. The minimum atomic E-state index is -0.0653. The first-order valence-electron chi connectivity index (χ1n) is 10.6. The molecule has 0 aromatic rings. The third-order valence-corrected chi connectivity index (χ3v) is 7.85. The van der Waals surface area contributed by atoms with Crippen molar-refractivity contribution in [2.24, 2.45) is 0 Å². The van der Waals surface area contributed by atoms with Crippen LogP contribution in [0, 0.1) is 0 Å². The summed E-state index contributed by atoms with van der Waals surface area (Å²) in [5.41, 5.74) is 4.80. The largest absolute Gasteiger partial charge is 0.373 e. The molecule has 1 saturated heterocycles. The Balaban J connectivity index is 1.64. The number of nitrogens with one attached hydrogen (secondary N) is 1. The van der Waals surface area contributed by atoms with Crippen LogP contribution in [0.1, 0.15) is 64.7 Å². The molecule has 3 heterocycles. The molecule has 0 radical (unpaired) electrons. The third-order valence-electron chi connectivity index (χ3n) is 6.72. The van der Waals surface area contributed by atoms with Crippen LogP contribution in [0.15, 0.2) is 33.2 Å². The lowest BCUT2D eigenvalue weighted by Crippen LogP contribution is -2.42. The lowest BCUT2D eigenvalue weighted by molar-refractivity contribution is 0.00774. The average Bonchev–Trinajstić information content (AvgIpc) is 2.83. The number of rotatable bonds is 7. The molecule has 144 valence electrons. The standard InChI is InChI=1S/C22H34N2OS/c1-3-4-5-6-7-11-22(25-2)12-9-17-18-16-23-13-10-19(18)24-14-8-15-26-21(22)20(17)24/h8,15,19,23H,3-7,9-14,16H2,1-2H3. The number of unbranched alkanes of at least 4 members (excludes halogenated alkanes) is 4. The van der Waals surface area contributed by atoms with E-state index in [4.69, 9.17) is 4.74 Å². The van der Waals surface area contributed by atoms with Crippen molar-refractivity contribution in [3.8, 4) is 0 Å². The summed E-state index contributed by atoms with van der Waals surface area (Å²) in [6.07, 6.45) is 13.8. The number of allylic oxidation sites excluding steroid dienone is 1. The Labute approximate surface area is 163 Å². The summed E-state index contributed by atoms with van der Waals surface area (Å²) in [7, 11) is 1.95. The zero-order chi connectivity index (χ0) is 18.0. The van der Waals surface area contributed by atoms with Crippen molar-refractivity contribution in [3.63, 3.8) is 0 Å². The smallest absolute Gasteiger partial charge is 0.101 e. The van der Waals surface area contributed by atoms with Gasteiger partial charge in [-0.1, -0.05) is 56.9 Å². The van der Waals surface area contributed by atoms with E-state index < -0.39 is 0 Å². The maximum Gasteiger partial charge on any atom is 0.101 e. The number of methoxy groups -OCH3 is 1. The topological polar surface area (TPSA) is 24.5 Å². The number of hydrogen-bond donors (Lipinski definition) is 1. The molecular formula is C22H34N2OS. The number of hydrogen-bond acceptors (Lipinski definition) is 4. The number of nitrogens with zero attached hydrogens (tertiary/aromatic N) is 1. The Kier molecular flexibility index (Phi) is 5.82. The fourth-order valence-electron chi connectivity index (χ4n) is 5.29. The van der Waals surface area contributed by atoms with Crippen molar-refractivity contribution in [1.29, 1.82) is 0 Å². The monoisotopic (exact) mass is 374 g/mol. The van der Waals surface area contributed by atoms with Gasteiger partial charge in [0.15, 0.2) is 0 Å². The summed E-state index contributed by atoms with van der Waals surface area (Å²) in [6.45, 7) is 5.57. The molecule has 4 heteroatoms. The summed E-state index contributed by atoms with van der Waals surface area (Å²) in [5, 5.41) is 5.92. The number of fused-ring (bicyclic) bond motifs is 2. The van der Waals surface area contributed by atoms with E-state index in [2.05, 4.69) is 28.6 Å². The van der Waals surface area contributed by atoms with Crippen LogP contribution < -0.4 is 5.32 Å². The van der Waals surface area contributed by atoms with Crippen molar-refractivity contribution in [2.45, 2.75) is 76.4 Å². The molecule has 0 saturated carbocycles. The molecule has 0 amide bonds. The summed E-state index contributed by atoms with van der Waals surface area (Å²) in [6, 6.07) is 0.622. The zero-order valence-corrected chi connectivity index (χ0v) is 17.3. The fraction of sp³-hybridized carbons (Fsp3) is 0.727. The Hall–Kier alpha value is -0.710. The molecule has 0 bridgehead atoms. The van der Waals surface area contributed by atoms with Gasteiger partial charge >= 0.3 is 0 Å². The molecule has 0 aromatic heterocycles. The van der Waals surface area contributed by atoms with Crippen LogP contribution in [0.25, 0.3) is 0 Å². The Bertz CT molecular complexity index is 624. The van der Waals surface area contributed by atoms with Gasteiger partial charge in [-0.2, -0.15) is 0 Å². The highest BCUT2D eigenvalue weighted by molar-refractivity contribution is 8.06. The van der Waals surface area contributed by atoms with Crippen LogP contribution in [-0.4, -0.2) is 43.3 Å². The summed E-state index contributed by atoms with van der Waals surface area (Å²) >= 11 is 1.94. The predicted octanol–water partition coefficient (Wildman–Crippen LogP) is 4.97. The molecule has 26 heavy (non-hydrogen) atoms. The van der Waals surface area contributed by atoms with Gasteiger partial charge in [0.1, 0.15) is 5.60 Å². The minimum Gasteiger partial charge on any atom is -0.373 e. The minimum absolute atomic E-state index is 0.0653. The molecule has 1 N–H and O–H groups in total. The second-order valence-electron chi connectivity index (χ2n) is 8.17. The van der Waals surface area contributed by atoms with Gasteiger partial charge in [-0.15, -0.1) is 0 Å². The molecule has 3 nitrogen and oxygen atoms in total. The molecule has 0 aromatic carbocycles. The fourth-order valence-corrected chi connectivity index (χ4v) is 6.47. The number of thioether (sulfide) groups is 1. The van der Waals surface area contributed by atoms with Crippen LogP contribution >= 0.6 is 11.8 Å². The lowest BCUT2D eigenvalue weighted by Gasteiger charge is -2.41. The van der Waals surface area contributed by atoms with Crippen molar-refractivity contribution in [2.75, 3.05) is 26.7 Å². The maximum atomic E-state index is 6.31. The molecule has 1 fully saturated rings. The van der Waals surface area contributed by atoms with E-state index in [9.17, 15) is 0 Å². The second-order valence-corrected chi connectivity index (χ2v) is 9.08. The zero-order valence-electron chi connectivity index (χ0n) is 16.5. The highest BCUT2D eigenvalue weighted by Gasteiger charge is 2.47. The van der Waals surface area contributed by atoms with Gasteiger partial charge < -0.3 is 15.0 Å². The molecule has 0 spiro atoms. The highest BCUT2D eigenvalue weighted by atomic mass is 32.2. The van der Waals surface area contributed by atoms with E-state index in [0.717, 1.165) is 26.1 Å². The van der Waals surface area contributed by atoms with E-state index in [1.54, 1.807) is 16.8 Å². The quantitative estimate of drug-likeness (QED) is 0.636. The number of ether oxygens (including phenoxy) is 1. The first-order chi connectivity index (χ1) is 12.8. The van der Waals surface area contributed by atoms with Crippen molar-refractivity contribution in [3.05, 3.63) is 33.2 Å². The third kappa shape index (κ3) is 3.18. The van der Waals surface area contributed by atoms with Crippen LogP contribution in [0.2, 0.25) is 0 Å². The van der Waals surface area contributed by atoms with Gasteiger partial charge in [-0.05, 0) is 48.8 Å². The van der Waals surface area contributed by atoms with Gasteiger partial charge in [0.05, 0.1) is 11.7 Å². The normalized spacial score (nSPS) is 30.5. The van der Waals surface area contributed by atoms with Crippen molar-refractivity contribution >= 4 is 11.8 Å². The number of piperidine rings is 1. The molecule has 4 aliphatic rings. The van der Waals surface area contributed by atoms with E-state index in [1.807, 2.05) is 18.9 Å².